The fourth-order valence-corrected chi connectivity index (χ4v) is 1.90. The number of nitrogens with zero attached hydrogens (tertiary/aromatic N) is 1. The molecule has 0 bridgehead atoms. The lowest BCUT2D eigenvalue weighted by Crippen LogP contribution is -2.38. The Hall–Kier alpha value is -1.85. The maximum Gasteiger partial charge on any atom is 0.343 e. The molecule has 1 amide bonds. The van der Waals surface area contributed by atoms with Gasteiger partial charge in [-0.25, -0.2) is 9.18 Å². The Bertz CT molecular complexity index is 470. The lowest BCUT2D eigenvalue weighted by molar-refractivity contribution is -0.149. The van der Waals surface area contributed by atoms with Gasteiger partial charge in [0.1, 0.15) is 5.76 Å². The highest BCUT2D eigenvalue weighted by atomic mass is 19.1. The molecule has 92 valence electrons. The highest BCUT2D eigenvalue weighted by Crippen LogP contribution is 2.27. The van der Waals surface area contributed by atoms with Crippen molar-refractivity contribution >= 4 is 11.9 Å². The van der Waals surface area contributed by atoms with Gasteiger partial charge in [-0.1, -0.05) is 0 Å². The van der Waals surface area contributed by atoms with Crippen molar-refractivity contribution in [2.24, 2.45) is 0 Å². The van der Waals surface area contributed by atoms with Gasteiger partial charge >= 0.3 is 5.97 Å². The maximum absolute atomic E-state index is 13.8. The van der Waals surface area contributed by atoms with Crippen molar-refractivity contribution in [1.29, 1.82) is 0 Å². The third-order valence-corrected chi connectivity index (χ3v) is 2.98. The minimum atomic E-state index is -2.33. The first-order valence-electron chi connectivity index (χ1n) is 5.20. The summed E-state index contributed by atoms with van der Waals surface area (Å²) in [7, 11) is 0. The highest BCUT2D eigenvalue weighted by Gasteiger charge is 2.47. The minimum absolute atomic E-state index is 0.103. The first kappa shape index (κ1) is 11.6. The van der Waals surface area contributed by atoms with Gasteiger partial charge in [0.15, 0.2) is 0 Å². The van der Waals surface area contributed by atoms with E-state index in [0.717, 1.165) is 0 Å². The summed E-state index contributed by atoms with van der Waals surface area (Å²) in [6.07, 6.45) is 1.20. The number of halogens is 1. The molecule has 1 aromatic heterocycles. The smallest absolute Gasteiger partial charge is 0.343 e. The van der Waals surface area contributed by atoms with Crippen molar-refractivity contribution < 1.29 is 23.5 Å². The number of carbonyl (C=O) groups excluding carboxylic acids is 1. The molecule has 1 aromatic rings. The van der Waals surface area contributed by atoms with Crippen molar-refractivity contribution in [1.82, 2.24) is 4.90 Å². The summed E-state index contributed by atoms with van der Waals surface area (Å²) in [5, 5.41) is 8.73. The quantitative estimate of drug-likeness (QED) is 0.845. The SMILES string of the molecule is Cc1occc1C(=O)N1CCC(F)(C(=O)O)C1. The van der Waals surface area contributed by atoms with E-state index in [1.807, 2.05) is 0 Å². The van der Waals surface area contributed by atoms with E-state index < -0.39 is 24.1 Å². The molecule has 1 unspecified atom stereocenters. The number of rotatable bonds is 2. The van der Waals surface area contributed by atoms with Crippen molar-refractivity contribution in [3.8, 4) is 0 Å². The average molecular weight is 241 g/mol. The monoisotopic (exact) mass is 241 g/mol. The van der Waals surface area contributed by atoms with Gasteiger partial charge in [0.05, 0.1) is 18.4 Å². The van der Waals surface area contributed by atoms with Gasteiger partial charge in [-0.15, -0.1) is 0 Å². The number of aryl methyl sites for hydroxylation is 1. The molecular weight excluding hydrogens is 229 g/mol. The normalized spacial score (nSPS) is 24.0. The van der Waals surface area contributed by atoms with E-state index in [4.69, 9.17) is 9.52 Å². The Labute approximate surface area is 96.8 Å². The molecule has 5 nitrogen and oxygen atoms in total. The van der Waals surface area contributed by atoms with E-state index >= 15 is 0 Å². The third-order valence-electron chi connectivity index (χ3n) is 2.98. The molecule has 1 aliphatic rings. The van der Waals surface area contributed by atoms with Crippen LogP contribution in [0.3, 0.4) is 0 Å². The van der Waals surface area contributed by atoms with E-state index in [1.165, 1.54) is 17.2 Å². The van der Waals surface area contributed by atoms with Gasteiger partial charge in [-0.3, -0.25) is 4.79 Å². The summed E-state index contributed by atoms with van der Waals surface area (Å²) < 4.78 is 18.8. The predicted octanol–water partition coefficient (Wildman–Crippen LogP) is 1.23. The number of alkyl halides is 1. The number of carboxylic acids is 1. The second-order valence-corrected chi connectivity index (χ2v) is 4.14. The molecule has 17 heavy (non-hydrogen) atoms. The van der Waals surface area contributed by atoms with Crippen LogP contribution in [0.25, 0.3) is 0 Å². The van der Waals surface area contributed by atoms with Crippen LogP contribution in [0.1, 0.15) is 22.5 Å². The number of likely N-dealkylation sites (tertiary alicyclic amines) is 1. The Morgan fingerprint density at radius 2 is 2.29 bits per heavy atom. The standard InChI is InChI=1S/C11H12FNO4/c1-7-8(2-5-17-7)9(14)13-4-3-11(12,6-13)10(15)16/h2,5H,3-4,6H2,1H3,(H,15,16). The first-order valence-corrected chi connectivity index (χ1v) is 5.20. The molecule has 1 saturated heterocycles. The topological polar surface area (TPSA) is 70.8 Å². The number of carboxylic acid groups (broad SMARTS) is 1. The van der Waals surface area contributed by atoms with Crippen LogP contribution in [0, 0.1) is 6.92 Å². The van der Waals surface area contributed by atoms with Crippen LogP contribution in [0.15, 0.2) is 16.7 Å². The van der Waals surface area contributed by atoms with Crippen molar-refractivity contribution in [3.05, 3.63) is 23.7 Å². The summed E-state index contributed by atoms with van der Waals surface area (Å²) in [5.74, 6) is -1.46. The molecule has 6 heteroatoms. The number of furan rings is 1. The summed E-state index contributed by atoms with van der Waals surface area (Å²) >= 11 is 0. The van der Waals surface area contributed by atoms with Gasteiger partial charge in [0.25, 0.3) is 5.91 Å². The van der Waals surface area contributed by atoms with E-state index in [1.54, 1.807) is 6.92 Å². The summed E-state index contributed by atoms with van der Waals surface area (Å²) in [6.45, 7) is 1.32. The molecule has 2 heterocycles. The minimum Gasteiger partial charge on any atom is -0.479 e. The fraction of sp³-hybridized carbons (Fsp3) is 0.455. The third kappa shape index (κ3) is 1.90. The van der Waals surface area contributed by atoms with Crippen LogP contribution in [-0.4, -0.2) is 40.6 Å². The lowest BCUT2D eigenvalue weighted by Gasteiger charge is -2.17. The van der Waals surface area contributed by atoms with Crippen LogP contribution in [0.4, 0.5) is 4.39 Å². The summed E-state index contributed by atoms with van der Waals surface area (Å²) in [6, 6.07) is 1.50. The molecule has 0 saturated carbocycles. The van der Waals surface area contributed by atoms with Crippen molar-refractivity contribution in [3.63, 3.8) is 0 Å². The number of aliphatic carboxylic acids is 1. The van der Waals surface area contributed by atoms with Gasteiger partial charge in [-0.05, 0) is 13.0 Å². The maximum atomic E-state index is 13.8. The van der Waals surface area contributed by atoms with Crippen LogP contribution in [-0.2, 0) is 4.79 Å². The number of amides is 1. The molecule has 1 N–H and O–H groups in total. The molecule has 0 aliphatic carbocycles. The average Bonchev–Trinajstić information content (AvgIpc) is 2.85. The Balaban J connectivity index is 2.15. The van der Waals surface area contributed by atoms with E-state index in [-0.39, 0.29) is 13.0 Å². The molecule has 1 aliphatic heterocycles. The molecule has 0 aromatic carbocycles. The van der Waals surface area contributed by atoms with Crippen LogP contribution in [0.2, 0.25) is 0 Å². The Morgan fingerprint density at radius 3 is 2.76 bits per heavy atom. The summed E-state index contributed by atoms with van der Waals surface area (Å²) in [4.78, 5) is 23.9. The van der Waals surface area contributed by atoms with Crippen molar-refractivity contribution in [2.75, 3.05) is 13.1 Å². The molecular formula is C11H12FNO4. The van der Waals surface area contributed by atoms with E-state index in [0.29, 0.717) is 11.3 Å². The molecule has 0 radical (unpaired) electrons. The van der Waals surface area contributed by atoms with Gasteiger partial charge in [0, 0.05) is 13.0 Å². The highest BCUT2D eigenvalue weighted by molar-refractivity contribution is 5.96. The fourth-order valence-electron chi connectivity index (χ4n) is 1.90. The van der Waals surface area contributed by atoms with Crippen molar-refractivity contribution in [2.45, 2.75) is 19.0 Å². The zero-order valence-electron chi connectivity index (χ0n) is 9.27. The zero-order valence-corrected chi connectivity index (χ0v) is 9.27. The second kappa shape index (κ2) is 3.87. The second-order valence-electron chi connectivity index (χ2n) is 4.14. The first-order chi connectivity index (χ1) is 7.94. The van der Waals surface area contributed by atoms with Gasteiger partial charge in [-0.2, -0.15) is 0 Å². The van der Waals surface area contributed by atoms with E-state index in [2.05, 4.69) is 0 Å². The number of carbonyl (C=O) groups is 2. The molecule has 2 rings (SSSR count). The Morgan fingerprint density at radius 1 is 1.59 bits per heavy atom. The van der Waals surface area contributed by atoms with Gasteiger partial charge < -0.3 is 14.4 Å². The van der Waals surface area contributed by atoms with E-state index in [9.17, 15) is 14.0 Å². The van der Waals surface area contributed by atoms with Crippen LogP contribution in [0.5, 0.6) is 0 Å². The predicted molar refractivity (Wildman–Crippen MR) is 55.4 cm³/mol. The largest absolute Gasteiger partial charge is 0.479 e. The van der Waals surface area contributed by atoms with Crippen LogP contribution < -0.4 is 0 Å². The zero-order chi connectivity index (χ0) is 12.6. The lowest BCUT2D eigenvalue weighted by atomic mass is 10.1. The number of hydrogen-bond donors (Lipinski definition) is 1. The van der Waals surface area contributed by atoms with Gasteiger partial charge in [0.2, 0.25) is 5.67 Å². The molecule has 0 spiro atoms. The summed E-state index contributed by atoms with van der Waals surface area (Å²) in [5.41, 5.74) is -1.98. The van der Waals surface area contributed by atoms with Crippen LogP contribution >= 0.6 is 0 Å². The number of hydrogen-bond acceptors (Lipinski definition) is 3. The molecule has 1 atom stereocenters. The molecule has 1 fully saturated rings. The Kier molecular flexibility index (Phi) is 2.65.